The van der Waals surface area contributed by atoms with E-state index in [4.69, 9.17) is 37.9 Å². The van der Waals surface area contributed by atoms with Gasteiger partial charge in [-0.15, -0.1) is 0 Å². The van der Waals surface area contributed by atoms with E-state index in [2.05, 4.69) is 0 Å². The highest BCUT2D eigenvalue weighted by Crippen LogP contribution is 2.43. The summed E-state index contributed by atoms with van der Waals surface area (Å²) in [5, 5.41) is 11.3. The molecule has 4 fully saturated rings. The van der Waals surface area contributed by atoms with Gasteiger partial charge in [0.05, 0.1) is 43.0 Å². The second-order valence-corrected chi connectivity index (χ2v) is 15.7. The summed E-state index contributed by atoms with van der Waals surface area (Å²) in [5.41, 5.74) is -1.14. The molecule has 14 nitrogen and oxygen atoms in total. The fourth-order valence-corrected chi connectivity index (χ4v) is 8.07. The summed E-state index contributed by atoms with van der Waals surface area (Å²) >= 11 is 0. The molecule has 0 radical (unpaired) electrons. The molecule has 1 N–H and O–H groups in total. The third kappa shape index (κ3) is 9.37. The lowest BCUT2D eigenvalue weighted by atomic mass is 9.76. The van der Waals surface area contributed by atoms with Crippen molar-refractivity contribution in [1.29, 1.82) is 0 Å². The van der Waals surface area contributed by atoms with Crippen molar-refractivity contribution in [2.45, 2.75) is 155 Å². The average Bonchev–Trinajstić information content (AvgIpc) is 3.85. The molecule has 0 aromatic carbocycles. The van der Waals surface area contributed by atoms with Gasteiger partial charge < -0.3 is 47.9 Å². The van der Waals surface area contributed by atoms with Crippen molar-refractivity contribution in [2.75, 3.05) is 27.8 Å². The molecule has 0 amide bonds. The van der Waals surface area contributed by atoms with Gasteiger partial charge in [0.15, 0.2) is 35.9 Å². The normalized spacial score (nSPS) is 46.0. The molecule has 0 aromatic heterocycles. The SMILES string of the molecule is CO[C@@H]1C[C@H](O[C@H]2[C@H](C)[C@@H](O[C@@H]3O[C@H](C)C[C@H](N(C)C)[C@H]3OC(C)=O)[C@@H](C)C[C@@]3(CO3)C(=O)[C@H](C)[C@@H](O)[C@@H](C)[C@@H](C)OC(=O)[C@H]2C)O[C@@H](C)C1=O. The van der Waals surface area contributed by atoms with Gasteiger partial charge in [0.1, 0.15) is 18.3 Å². The molecule has 4 saturated heterocycles. The number of aliphatic hydroxyl groups is 1. The maximum Gasteiger partial charge on any atom is 0.311 e. The maximum atomic E-state index is 14.0. The van der Waals surface area contributed by atoms with E-state index >= 15 is 0 Å². The van der Waals surface area contributed by atoms with E-state index in [1.54, 1.807) is 34.6 Å². The Bertz CT molecular complexity index is 1240. The Balaban J connectivity index is 1.79. The molecule has 0 aromatic rings. The number of carbonyl (C=O) groups excluding carboxylic acids is 4. The molecule has 0 unspecified atom stereocenters. The molecule has 4 heterocycles. The van der Waals surface area contributed by atoms with E-state index in [-0.39, 0.29) is 43.2 Å². The van der Waals surface area contributed by atoms with Crippen LogP contribution in [-0.2, 0) is 57.1 Å². The van der Waals surface area contributed by atoms with Crippen LogP contribution in [0.3, 0.4) is 0 Å². The number of esters is 2. The largest absolute Gasteiger partial charge is 0.462 e. The molecular formula is C37H61NO13. The first-order valence-corrected chi connectivity index (χ1v) is 18.4. The third-order valence-electron chi connectivity index (χ3n) is 11.5. The number of ether oxygens (including phenoxy) is 8. The van der Waals surface area contributed by atoms with Gasteiger partial charge >= 0.3 is 11.9 Å². The van der Waals surface area contributed by atoms with Crippen LogP contribution in [0.25, 0.3) is 0 Å². The summed E-state index contributed by atoms with van der Waals surface area (Å²) < 4.78 is 49.1. The minimum absolute atomic E-state index is 0.108. The molecule has 14 heteroatoms. The zero-order valence-corrected chi connectivity index (χ0v) is 32.4. The first-order chi connectivity index (χ1) is 23.8. The Labute approximate surface area is 302 Å². The fraction of sp³-hybridized carbons (Fsp3) is 0.892. The standard InChI is InChI=1S/C37H61NO13/c1-17-15-37(16-45-37)34(42)20(4)29(40)19(3)23(7)48-35(43)22(6)32(50-28-14-27(44-12)30(41)24(8)47-28)21(5)31(17)51-36-33(49-25(9)39)26(38(10)11)13-18(2)46-36/h17-24,26-29,31-33,36,40H,13-16H2,1-12H3/t17-,18+,19-,20+,21+,22-,23+,24-,26-,27+,28-,29-,31-,32-,33+,36-,37+/m0/s1. The molecule has 4 rings (SSSR count). The average molecular weight is 728 g/mol. The van der Waals surface area contributed by atoms with Crippen LogP contribution >= 0.6 is 0 Å². The minimum atomic E-state index is -1.14. The number of likely N-dealkylation sites (N-methyl/N-ethyl adjacent to an activating group) is 1. The van der Waals surface area contributed by atoms with Gasteiger partial charge in [0.2, 0.25) is 0 Å². The van der Waals surface area contributed by atoms with E-state index in [1.807, 2.05) is 39.8 Å². The highest BCUT2D eigenvalue weighted by molar-refractivity contribution is 5.92. The maximum absolute atomic E-state index is 14.0. The molecule has 4 aliphatic heterocycles. The Kier molecular flexibility index (Phi) is 13.9. The number of Topliss-reactive ketones (excluding diaryl/α,β-unsaturated/α-hetero) is 2. The number of hydrogen-bond acceptors (Lipinski definition) is 14. The summed E-state index contributed by atoms with van der Waals surface area (Å²) in [4.78, 5) is 55.0. The Morgan fingerprint density at radius 1 is 0.882 bits per heavy atom. The first-order valence-electron chi connectivity index (χ1n) is 18.4. The molecule has 17 atom stereocenters. The molecule has 0 bridgehead atoms. The van der Waals surface area contributed by atoms with Gasteiger partial charge in [0, 0.05) is 38.2 Å². The molecule has 0 aliphatic carbocycles. The number of epoxide rings is 1. The summed E-state index contributed by atoms with van der Waals surface area (Å²) in [5.74, 6) is -4.70. The van der Waals surface area contributed by atoms with Crippen LogP contribution < -0.4 is 0 Å². The predicted molar refractivity (Wildman–Crippen MR) is 182 cm³/mol. The molecule has 51 heavy (non-hydrogen) atoms. The topological polar surface area (TPSA) is 169 Å². The van der Waals surface area contributed by atoms with Gasteiger partial charge in [-0.3, -0.25) is 19.2 Å². The summed E-state index contributed by atoms with van der Waals surface area (Å²) in [6, 6.07) is -0.223. The number of rotatable bonds is 7. The van der Waals surface area contributed by atoms with Crippen LogP contribution in [0.5, 0.6) is 0 Å². The first kappa shape index (κ1) is 41.7. The Morgan fingerprint density at radius 2 is 1.53 bits per heavy atom. The van der Waals surface area contributed by atoms with Crippen molar-refractivity contribution in [3.8, 4) is 0 Å². The predicted octanol–water partition coefficient (Wildman–Crippen LogP) is 2.69. The van der Waals surface area contributed by atoms with Crippen molar-refractivity contribution in [3.63, 3.8) is 0 Å². The quantitative estimate of drug-likeness (QED) is 0.300. The highest BCUT2D eigenvalue weighted by Gasteiger charge is 2.57. The van der Waals surface area contributed by atoms with Crippen LogP contribution in [-0.4, -0.2) is 134 Å². The number of hydrogen-bond donors (Lipinski definition) is 1. The van der Waals surface area contributed by atoms with E-state index < -0.39 is 102 Å². The van der Waals surface area contributed by atoms with Crippen LogP contribution in [0, 0.1) is 29.6 Å². The van der Waals surface area contributed by atoms with Crippen molar-refractivity contribution in [1.82, 2.24) is 4.90 Å². The van der Waals surface area contributed by atoms with Crippen molar-refractivity contribution >= 4 is 23.5 Å². The smallest absolute Gasteiger partial charge is 0.311 e. The summed E-state index contributed by atoms with van der Waals surface area (Å²) in [6.07, 6.45) is -7.04. The zero-order valence-electron chi connectivity index (χ0n) is 32.4. The van der Waals surface area contributed by atoms with E-state index in [0.717, 1.165) is 0 Å². The number of cyclic esters (lactones) is 1. The van der Waals surface area contributed by atoms with Gasteiger partial charge in [-0.25, -0.2) is 0 Å². The number of carbonyl (C=O) groups is 4. The molecule has 292 valence electrons. The van der Waals surface area contributed by atoms with Gasteiger partial charge in [-0.2, -0.15) is 0 Å². The summed E-state index contributed by atoms with van der Waals surface area (Å²) in [6.45, 7) is 15.7. The lowest BCUT2D eigenvalue weighted by Gasteiger charge is -2.46. The molecular weight excluding hydrogens is 666 g/mol. The second kappa shape index (κ2) is 17.0. The van der Waals surface area contributed by atoms with Crippen LogP contribution in [0.1, 0.15) is 81.6 Å². The van der Waals surface area contributed by atoms with Crippen LogP contribution in [0.2, 0.25) is 0 Å². The fourth-order valence-electron chi connectivity index (χ4n) is 8.07. The minimum Gasteiger partial charge on any atom is -0.462 e. The lowest BCUT2D eigenvalue weighted by Crippen LogP contribution is -2.58. The lowest BCUT2D eigenvalue weighted by molar-refractivity contribution is -0.294. The summed E-state index contributed by atoms with van der Waals surface area (Å²) in [7, 11) is 5.26. The molecule has 4 aliphatic rings. The van der Waals surface area contributed by atoms with Crippen molar-refractivity contribution in [2.24, 2.45) is 29.6 Å². The Morgan fingerprint density at radius 3 is 2.10 bits per heavy atom. The van der Waals surface area contributed by atoms with Crippen molar-refractivity contribution in [3.05, 3.63) is 0 Å². The number of ketones is 2. The monoisotopic (exact) mass is 727 g/mol. The number of methoxy groups -OCH3 is 1. The van der Waals surface area contributed by atoms with Crippen molar-refractivity contribution < 1.29 is 62.2 Å². The second-order valence-electron chi connectivity index (χ2n) is 15.7. The van der Waals surface area contributed by atoms with E-state index in [0.29, 0.717) is 6.42 Å². The van der Waals surface area contributed by atoms with Crippen LogP contribution in [0.15, 0.2) is 0 Å². The molecule has 0 saturated carbocycles. The van der Waals surface area contributed by atoms with E-state index in [1.165, 1.54) is 14.0 Å². The third-order valence-corrected chi connectivity index (χ3v) is 11.5. The number of nitrogens with zero attached hydrogens (tertiary/aromatic N) is 1. The zero-order chi connectivity index (χ0) is 38.1. The Hall–Kier alpha value is -2.04. The van der Waals surface area contributed by atoms with E-state index in [9.17, 15) is 24.3 Å². The van der Waals surface area contributed by atoms with Gasteiger partial charge in [0.25, 0.3) is 0 Å². The number of aliphatic hydroxyl groups excluding tert-OH is 1. The van der Waals surface area contributed by atoms with Gasteiger partial charge in [-0.1, -0.05) is 27.7 Å². The van der Waals surface area contributed by atoms with Gasteiger partial charge in [-0.05, 0) is 60.5 Å². The molecule has 1 spiro atoms. The highest BCUT2D eigenvalue weighted by atomic mass is 16.7. The van der Waals surface area contributed by atoms with Crippen LogP contribution in [0.4, 0.5) is 0 Å².